The number of amides is 1. The first kappa shape index (κ1) is 17.2. The number of nitrogens with two attached hydrogens (primary N) is 2. The molecule has 0 radical (unpaired) electrons. The van der Waals surface area contributed by atoms with Crippen LogP contribution in [0.3, 0.4) is 0 Å². The third-order valence-corrected chi connectivity index (χ3v) is 2.75. The van der Waals surface area contributed by atoms with Gasteiger partial charge in [0.2, 0.25) is 0 Å². The van der Waals surface area contributed by atoms with Gasteiger partial charge in [0.05, 0.1) is 0 Å². The molecule has 1 unspecified atom stereocenters. The van der Waals surface area contributed by atoms with Gasteiger partial charge in [0, 0.05) is 6.54 Å². The van der Waals surface area contributed by atoms with Crippen molar-refractivity contribution in [2.24, 2.45) is 11.5 Å². The molecule has 0 aliphatic carbocycles. The van der Waals surface area contributed by atoms with Crippen molar-refractivity contribution in [3.8, 4) is 0 Å². The molecule has 0 aromatic carbocycles. The van der Waals surface area contributed by atoms with E-state index in [0.717, 1.165) is 32.1 Å². The molecule has 5 heteroatoms. The third kappa shape index (κ3) is 11.7. The van der Waals surface area contributed by atoms with Crippen molar-refractivity contribution < 1.29 is 9.53 Å². The normalized spacial score (nSPS) is 12.2. The van der Waals surface area contributed by atoms with E-state index in [1.165, 1.54) is 12.8 Å². The highest BCUT2D eigenvalue weighted by Crippen LogP contribution is 2.03. The Bertz CT molecular complexity index is 201. The molecular formula is C13H29N3O2. The van der Waals surface area contributed by atoms with Gasteiger partial charge in [-0.05, 0) is 32.2 Å². The van der Waals surface area contributed by atoms with Crippen LogP contribution in [0.25, 0.3) is 0 Å². The minimum atomic E-state index is -0.501. The maximum Gasteiger partial charge on any atom is 0.408 e. The van der Waals surface area contributed by atoms with E-state index in [1.807, 2.05) is 0 Å². The fraction of sp³-hybridized carbons (Fsp3) is 0.923. The molecular weight excluding hydrogens is 230 g/mol. The van der Waals surface area contributed by atoms with Crippen LogP contribution in [0.2, 0.25) is 0 Å². The zero-order valence-corrected chi connectivity index (χ0v) is 11.6. The van der Waals surface area contributed by atoms with Crippen LogP contribution < -0.4 is 16.8 Å². The van der Waals surface area contributed by atoms with Gasteiger partial charge >= 0.3 is 6.09 Å². The molecule has 0 bridgehead atoms. The second kappa shape index (κ2) is 12.6. The maximum atomic E-state index is 11.3. The largest absolute Gasteiger partial charge is 0.431 e. The number of hydrogen-bond donors (Lipinski definition) is 3. The molecule has 1 atom stereocenters. The van der Waals surface area contributed by atoms with E-state index in [1.54, 1.807) is 0 Å². The van der Waals surface area contributed by atoms with E-state index in [9.17, 15) is 4.79 Å². The average molecular weight is 259 g/mol. The van der Waals surface area contributed by atoms with Gasteiger partial charge < -0.3 is 15.8 Å². The molecule has 0 aromatic rings. The number of rotatable bonds is 11. The summed E-state index contributed by atoms with van der Waals surface area (Å²) in [6.45, 7) is 3.53. The summed E-state index contributed by atoms with van der Waals surface area (Å²) in [5, 5.41) is 2.71. The highest BCUT2D eigenvalue weighted by Gasteiger charge is 2.08. The quantitative estimate of drug-likeness (QED) is 0.391. The van der Waals surface area contributed by atoms with Crippen LogP contribution >= 0.6 is 0 Å². The summed E-state index contributed by atoms with van der Waals surface area (Å²) >= 11 is 0. The van der Waals surface area contributed by atoms with Gasteiger partial charge in [-0.1, -0.05) is 32.6 Å². The fourth-order valence-electron chi connectivity index (χ4n) is 1.65. The first-order valence-corrected chi connectivity index (χ1v) is 7.10. The first-order chi connectivity index (χ1) is 8.70. The number of unbranched alkanes of at least 4 members (excludes halogenated alkanes) is 5. The summed E-state index contributed by atoms with van der Waals surface area (Å²) < 4.78 is 5.03. The molecule has 0 heterocycles. The topological polar surface area (TPSA) is 90.4 Å². The Morgan fingerprint density at radius 2 is 1.89 bits per heavy atom. The molecule has 108 valence electrons. The van der Waals surface area contributed by atoms with Crippen molar-refractivity contribution in [1.82, 2.24) is 5.32 Å². The number of carbonyl (C=O) groups is 1. The second-order valence-corrected chi connectivity index (χ2v) is 4.57. The van der Waals surface area contributed by atoms with E-state index in [-0.39, 0.29) is 0 Å². The molecule has 0 aliphatic heterocycles. The SMILES string of the molecule is CCCCCCNC(=O)OC(N)CCCCCN. The molecule has 5 N–H and O–H groups in total. The van der Waals surface area contributed by atoms with Crippen LogP contribution in [-0.2, 0) is 4.74 Å². The molecule has 0 spiro atoms. The van der Waals surface area contributed by atoms with Gasteiger partial charge in [0.1, 0.15) is 0 Å². The van der Waals surface area contributed by atoms with Crippen molar-refractivity contribution >= 4 is 6.09 Å². The van der Waals surface area contributed by atoms with E-state index in [4.69, 9.17) is 16.2 Å². The summed E-state index contributed by atoms with van der Waals surface area (Å²) in [5.74, 6) is 0. The van der Waals surface area contributed by atoms with Gasteiger partial charge in [-0.15, -0.1) is 0 Å². The average Bonchev–Trinajstić information content (AvgIpc) is 2.34. The van der Waals surface area contributed by atoms with Crippen molar-refractivity contribution in [3.05, 3.63) is 0 Å². The lowest BCUT2D eigenvalue weighted by molar-refractivity contribution is 0.0944. The second-order valence-electron chi connectivity index (χ2n) is 4.57. The maximum absolute atomic E-state index is 11.3. The Balaban J connectivity index is 3.37. The lowest BCUT2D eigenvalue weighted by Gasteiger charge is -2.13. The van der Waals surface area contributed by atoms with E-state index in [0.29, 0.717) is 19.5 Å². The van der Waals surface area contributed by atoms with E-state index in [2.05, 4.69) is 12.2 Å². The Morgan fingerprint density at radius 1 is 1.17 bits per heavy atom. The van der Waals surface area contributed by atoms with Crippen molar-refractivity contribution in [1.29, 1.82) is 0 Å². The van der Waals surface area contributed by atoms with Gasteiger partial charge in [0.15, 0.2) is 6.23 Å². The van der Waals surface area contributed by atoms with Crippen LogP contribution in [0.5, 0.6) is 0 Å². The van der Waals surface area contributed by atoms with Crippen molar-refractivity contribution in [2.75, 3.05) is 13.1 Å². The van der Waals surface area contributed by atoms with Gasteiger partial charge in [-0.2, -0.15) is 0 Å². The monoisotopic (exact) mass is 259 g/mol. The minimum Gasteiger partial charge on any atom is -0.431 e. The number of nitrogens with one attached hydrogen (secondary N) is 1. The molecule has 0 fully saturated rings. The van der Waals surface area contributed by atoms with Crippen LogP contribution in [0.4, 0.5) is 4.79 Å². The number of carbonyl (C=O) groups excluding carboxylic acids is 1. The van der Waals surface area contributed by atoms with Crippen molar-refractivity contribution in [3.63, 3.8) is 0 Å². The molecule has 18 heavy (non-hydrogen) atoms. The van der Waals surface area contributed by atoms with Crippen LogP contribution in [0.15, 0.2) is 0 Å². The smallest absolute Gasteiger partial charge is 0.408 e. The third-order valence-electron chi connectivity index (χ3n) is 2.75. The standard InChI is InChI=1S/C13H29N3O2/c1-2-3-4-8-11-16-13(17)18-12(15)9-6-5-7-10-14/h12H,2-11,14-15H2,1H3,(H,16,17). The zero-order chi connectivity index (χ0) is 13.6. The predicted octanol–water partition coefficient (Wildman–Crippen LogP) is 2.10. The van der Waals surface area contributed by atoms with Gasteiger partial charge in [-0.3, -0.25) is 5.73 Å². The number of ether oxygens (including phenoxy) is 1. The molecule has 0 saturated heterocycles. The summed E-state index contributed by atoms with van der Waals surface area (Å²) in [6, 6.07) is 0. The number of alkyl carbamates (subject to hydrolysis) is 1. The lowest BCUT2D eigenvalue weighted by atomic mass is 10.2. The highest BCUT2D eigenvalue weighted by atomic mass is 16.6. The summed E-state index contributed by atoms with van der Waals surface area (Å²) in [4.78, 5) is 11.3. The van der Waals surface area contributed by atoms with Gasteiger partial charge in [-0.25, -0.2) is 4.79 Å². The molecule has 5 nitrogen and oxygen atoms in total. The van der Waals surface area contributed by atoms with Crippen LogP contribution in [0.1, 0.15) is 58.3 Å². The fourth-order valence-corrected chi connectivity index (χ4v) is 1.65. The molecule has 0 aliphatic rings. The highest BCUT2D eigenvalue weighted by molar-refractivity contribution is 5.67. The summed E-state index contributed by atoms with van der Waals surface area (Å²) in [5.41, 5.74) is 11.1. The Hall–Kier alpha value is -0.810. The van der Waals surface area contributed by atoms with E-state index >= 15 is 0 Å². The molecule has 0 aromatic heterocycles. The minimum absolute atomic E-state index is 0.405. The molecule has 0 saturated carbocycles. The molecule has 1 amide bonds. The zero-order valence-electron chi connectivity index (χ0n) is 11.6. The molecule has 0 rings (SSSR count). The van der Waals surface area contributed by atoms with Crippen LogP contribution in [0, 0.1) is 0 Å². The number of hydrogen-bond acceptors (Lipinski definition) is 4. The van der Waals surface area contributed by atoms with Gasteiger partial charge in [0.25, 0.3) is 0 Å². The van der Waals surface area contributed by atoms with E-state index < -0.39 is 12.3 Å². The van der Waals surface area contributed by atoms with Crippen LogP contribution in [-0.4, -0.2) is 25.4 Å². The first-order valence-electron chi connectivity index (χ1n) is 7.10. The Labute approximate surface area is 111 Å². The van der Waals surface area contributed by atoms with Crippen molar-refractivity contribution in [2.45, 2.75) is 64.5 Å². The summed E-state index contributed by atoms with van der Waals surface area (Å²) in [6.07, 6.45) is 7.30. The Kier molecular flexibility index (Phi) is 12.1. The lowest BCUT2D eigenvalue weighted by Crippen LogP contribution is -2.34. The Morgan fingerprint density at radius 3 is 2.56 bits per heavy atom. The summed E-state index contributed by atoms with van der Waals surface area (Å²) in [7, 11) is 0. The predicted molar refractivity (Wildman–Crippen MR) is 74.1 cm³/mol.